The molecule has 2 N–H and O–H groups in total. The second-order valence-electron chi connectivity index (χ2n) is 5.10. The summed E-state index contributed by atoms with van der Waals surface area (Å²) in [7, 11) is 1.66. The van der Waals surface area contributed by atoms with Crippen LogP contribution in [0.4, 0.5) is 5.69 Å². The number of hydrogen-bond acceptors (Lipinski definition) is 2. The summed E-state index contributed by atoms with van der Waals surface area (Å²) in [6, 6.07) is 6.27. The summed E-state index contributed by atoms with van der Waals surface area (Å²) in [6.07, 6.45) is 4.94. The number of amides is 1. The largest absolute Gasteiger partial charge is 0.382 e. The Labute approximate surface area is 116 Å². The molecule has 1 rings (SSSR count). The van der Waals surface area contributed by atoms with Gasteiger partial charge in [-0.1, -0.05) is 32.3 Å². The number of anilines is 1. The van der Waals surface area contributed by atoms with E-state index < -0.39 is 0 Å². The molecule has 3 nitrogen and oxygen atoms in total. The predicted molar refractivity (Wildman–Crippen MR) is 81.8 cm³/mol. The van der Waals surface area contributed by atoms with Crippen LogP contribution in [-0.4, -0.2) is 19.0 Å². The van der Waals surface area contributed by atoms with Crippen LogP contribution in [0.15, 0.2) is 18.2 Å². The zero-order chi connectivity index (χ0) is 14.3. The molecule has 1 atom stereocenters. The molecular weight excluding hydrogens is 236 g/mol. The van der Waals surface area contributed by atoms with Crippen molar-refractivity contribution in [2.24, 2.45) is 0 Å². The van der Waals surface area contributed by atoms with Crippen molar-refractivity contribution in [3.8, 4) is 0 Å². The SMILES string of the molecule is CCCCCC(C)Nc1cccc(C(=O)NC)c1C. The van der Waals surface area contributed by atoms with Gasteiger partial charge in [-0.15, -0.1) is 0 Å². The highest BCUT2D eigenvalue weighted by molar-refractivity contribution is 5.96. The van der Waals surface area contributed by atoms with Gasteiger partial charge in [0.15, 0.2) is 0 Å². The first-order chi connectivity index (χ1) is 9.10. The molecule has 0 aliphatic carbocycles. The fourth-order valence-electron chi connectivity index (χ4n) is 2.21. The van der Waals surface area contributed by atoms with Gasteiger partial charge in [0.2, 0.25) is 0 Å². The molecule has 0 saturated heterocycles. The lowest BCUT2D eigenvalue weighted by Gasteiger charge is -2.18. The molecule has 19 heavy (non-hydrogen) atoms. The zero-order valence-electron chi connectivity index (χ0n) is 12.5. The van der Waals surface area contributed by atoms with Gasteiger partial charge in [0.1, 0.15) is 0 Å². The van der Waals surface area contributed by atoms with Crippen molar-refractivity contribution in [3.63, 3.8) is 0 Å². The summed E-state index contributed by atoms with van der Waals surface area (Å²) < 4.78 is 0. The van der Waals surface area contributed by atoms with E-state index in [0.717, 1.165) is 23.2 Å². The molecule has 0 bridgehead atoms. The van der Waals surface area contributed by atoms with Crippen LogP contribution < -0.4 is 10.6 Å². The normalized spacial score (nSPS) is 12.0. The number of nitrogens with one attached hydrogen (secondary N) is 2. The van der Waals surface area contributed by atoms with E-state index in [-0.39, 0.29) is 5.91 Å². The second kappa shape index (κ2) is 7.82. The van der Waals surface area contributed by atoms with Gasteiger partial charge >= 0.3 is 0 Å². The van der Waals surface area contributed by atoms with Gasteiger partial charge in [0, 0.05) is 24.3 Å². The number of hydrogen-bond donors (Lipinski definition) is 2. The van der Waals surface area contributed by atoms with E-state index in [0.29, 0.717) is 6.04 Å². The van der Waals surface area contributed by atoms with Gasteiger partial charge in [-0.2, -0.15) is 0 Å². The fourth-order valence-corrected chi connectivity index (χ4v) is 2.21. The van der Waals surface area contributed by atoms with Crippen LogP contribution in [0, 0.1) is 6.92 Å². The maximum atomic E-state index is 11.7. The van der Waals surface area contributed by atoms with E-state index in [2.05, 4.69) is 24.5 Å². The molecule has 1 unspecified atom stereocenters. The third-order valence-corrected chi connectivity index (χ3v) is 3.45. The molecule has 1 amide bonds. The van der Waals surface area contributed by atoms with Crippen LogP contribution in [-0.2, 0) is 0 Å². The lowest BCUT2D eigenvalue weighted by atomic mass is 10.0. The Morgan fingerprint density at radius 1 is 1.32 bits per heavy atom. The first-order valence-corrected chi connectivity index (χ1v) is 7.18. The third-order valence-electron chi connectivity index (χ3n) is 3.45. The highest BCUT2D eigenvalue weighted by Gasteiger charge is 2.11. The quantitative estimate of drug-likeness (QED) is 0.735. The fraction of sp³-hybridized carbons (Fsp3) is 0.562. The van der Waals surface area contributed by atoms with Crippen molar-refractivity contribution in [2.45, 2.75) is 52.5 Å². The second-order valence-corrected chi connectivity index (χ2v) is 5.10. The van der Waals surface area contributed by atoms with E-state index >= 15 is 0 Å². The summed E-state index contributed by atoms with van der Waals surface area (Å²) in [6.45, 7) is 6.41. The molecule has 106 valence electrons. The molecule has 0 spiro atoms. The van der Waals surface area contributed by atoms with Crippen LogP contribution in [0.5, 0.6) is 0 Å². The molecule has 1 aromatic carbocycles. The number of unbranched alkanes of at least 4 members (excludes halogenated alkanes) is 2. The van der Waals surface area contributed by atoms with Crippen LogP contribution in [0.3, 0.4) is 0 Å². The summed E-state index contributed by atoms with van der Waals surface area (Å²) in [4.78, 5) is 11.7. The maximum Gasteiger partial charge on any atom is 0.251 e. The molecule has 0 saturated carbocycles. The minimum Gasteiger partial charge on any atom is -0.382 e. The van der Waals surface area contributed by atoms with E-state index in [9.17, 15) is 4.79 Å². The standard InChI is InChI=1S/C16H26N2O/c1-5-6-7-9-12(2)18-15-11-8-10-14(13(15)3)16(19)17-4/h8,10-12,18H,5-7,9H2,1-4H3,(H,17,19). The minimum absolute atomic E-state index is 0.0280. The lowest BCUT2D eigenvalue weighted by molar-refractivity contribution is 0.0962. The number of carbonyl (C=O) groups excluding carboxylic acids is 1. The van der Waals surface area contributed by atoms with Gasteiger partial charge in [0.05, 0.1) is 0 Å². The Morgan fingerprint density at radius 3 is 2.68 bits per heavy atom. The summed E-state index contributed by atoms with van der Waals surface area (Å²) >= 11 is 0. The Morgan fingerprint density at radius 2 is 2.05 bits per heavy atom. The molecule has 0 aromatic heterocycles. The number of benzene rings is 1. The van der Waals surface area contributed by atoms with Gasteiger partial charge < -0.3 is 10.6 Å². The van der Waals surface area contributed by atoms with Crippen LogP contribution in [0.1, 0.15) is 55.5 Å². The molecule has 0 aliphatic rings. The molecule has 0 heterocycles. The molecule has 0 radical (unpaired) electrons. The summed E-state index contributed by atoms with van der Waals surface area (Å²) in [5.41, 5.74) is 2.82. The average molecular weight is 262 g/mol. The molecular formula is C16H26N2O. The summed E-state index contributed by atoms with van der Waals surface area (Å²) in [5.74, 6) is -0.0280. The van der Waals surface area contributed by atoms with Gasteiger partial charge in [-0.25, -0.2) is 0 Å². The Balaban J connectivity index is 2.70. The van der Waals surface area contributed by atoms with Crippen molar-refractivity contribution in [1.82, 2.24) is 5.32 Å². The van der Waals surface area contributed by atoms with Crippen molar-refractivity contribution in [1.29, 1.82) is 0 Å². The summed E-state index contributed by atoms with van der Waals surface area (Å²) in [5, 5.41) is 6.19. The van der Waals surface area contributed by atoms with Gasteiger partial charge in [-0.3, -0.25) is 4.79 Å². The lowest BCUT2D eigenvalue weighted by Crippen LogP contribution is -2.21. The number of carbonyl (C=O) groups is 1. The van der Waals surface area contributed by atoms with Crippen molar-refractivity contribution < 1.29 is 4.79 Å². The predicted octanol–water partition coefficient (Wildman–Crippen LogP) is 3.74. The van der Waals surface area contributed by atoms with Gasteiger partial charge in [-0.05, 0) is 38.0 Å². The molecule has 3 heteroatoms. The highest BCUT2D eigenvalue weighted by Crippen LogP contribution is 2.20. The minimum atomic E-state index is -0.0280. The van der Waals surface area contributed by atoms with Crippen molar-refractivity contribution in [2.75, 3.05) is 12.4 Å². The monoisotopic (exact) mass is 262 g/mol. The van der Waals surface area contributed by atoms with Crippen LogP contribution >= 0.6 is 0 Å². The number of rotatable bonds is 7. The van der Waals surface area contributed by atoms with Crippen molar-refractivity contribution in [3.05, 3.63) is 29.3 Å². The van der Waals surface area contributed by atoms with E-state index in [1.165, 1.54) is 19.3 Å². The first-order valence-electron chi connectivity index (χ1n) is 7.18. The van der Waals surface area contributed by atoms with Crippen molar-refractivity contribution >= 4 is 11.6 Å². The third kappa shape index (κ3) is 4.58. The van der Waals surface area contributed by atoms with Crippen LogP contribution in [0.2, 0.25) is 0 Å². The Kier molecular flexibility index (Phi) is 6.40. The van der Waals surface area contributed by atoms with E-state index in [1.54, 1.807) is 7.05 Å². The maximum absolute atomic E-state index is 11.7. The topological polar surface area (TPSA) is 41.1 Å². The Hall–Kier alpha value is -1.51. The molecule has 1 aromatic rings. The van der Waals surface area contributed by atoms with E-state index in [1.807, 2.05) is 25.1 Å². The Bertz CT molecular complexity index is 415. The first kappa shape index (κ1) is 15.5. The van der Waals surface area contributed by atoms with Crippen LogP contribution in [0.25, 0.3) is 0 Å². The van der Waals surface area contributed by atoms with Gasteiger partial charge in [0.25, 0.3) is 5.91 Å². The average Bonchev–Trinajstić information content (AvgIpc) is 2.40. The smallest absolute Gasteiger partial charge is 0.251 e. The highest BCUT2D eigenvalue weighted by atomic mass is 16.1. The molecule has 0 aliphatic heterocycles. The molecule has 0 fully saturated rings. The van der Waals surface area contributed by atoms with E-state index in [4.69, 9.17) is 0 Å². The zero-order valence-corrected chi connectivity index (χ0v) is 12.5.